The van der Waals surface area contributed by atoms with Crippen molar-refractivity contribution in [2.45, 2.75) is 18.7 Å². The van der Waals surface area contributed by atoms with Crippen molar-refractivity contribution in [1.82, 2.24) is 20.6 Å². The maximum Gasteiger partial charge on any atom is 0.262 e. The van der Waals surface area contributed by atoms with Gasteiger partial charge in [-0.05, 0) is 60.5 Å². The maximum atomic E-state index is 12.5. The number of aryl methyl sites for hydroxylation is 2. The molecule has 0 saturated heterocycles. The fourth-order valence-corrected chi connectivity index (χ4v) is 3.57. The van der Waals surface area contributed by atoms with Crippen LogP contribution in [0.15, 0.2) is 47.4 Å². The fraction of sp³-hybridized carbons (Fsp3) is 0.133. The molecule has 1 heterocycles. The molecule has 7 nitrogen and oxygen atoms in total. The van der Waals surface area contributed by atoms with Crippen LogP contribution in [-0.2, 0) is 10.0 Å². The lowest BCUT2D eigenvalue weighted by atomic mass is 10.2. The van der Waals surface area contributed by atoms with Gasteiger partial charge in [0.2, 0.25) is 5.82 Å². The molecule has 0 atom stereocenters. The number of benzene rings is 2. The number of aromatic amines is 1. The molecule has 3 rings (SSSR count). The Labute approximate surface area is 133 Å². The molecule has 0 amide bonds. The van der Waals surface area contributed by atoms with Gasteiger partial charge in [-0.15, -0.1) is 10.2 Å². The standard InChI is InChI=1S/C15H15N5O2S/c1-10-3-4-11(2)14(9-10)23(21,22)18-13-7-5-12(6-8-13)15-16-19-20-17-15/h3-9,18H,1-2H3,(H,16,17,19,20). The van der Waals surface area contributed by atoms with Crippen molar-refractivity contribution < 1.29 is 8.42 Å². The summed E-state index contributed by atoms with van der Waals surface area (Å²) in [6.45, 7) is 3.63. The summed E-state index contributed by atoms with van der Waals surface area (Å²) in [6.07, 6.45) is 0. The smallest absolute Gasteiger partial charge is 0.262 e. The third-order valence-corrected chi connectivity index (χ3v) is 4.90. The van der Waals surface area contributed by atoms with Gasteiger partial charge in [-0.25, -0.2) is 8.42 Å². The van der Waals surface area contributed by atoms with E-state index in [9.17, 15) is 8.42 Å². The molecule has 2 N–H and O–H groups in total. The van der Waals surface area contributed by atoms with E-state index in [1.165, 1.54) is 0 Å². The van der Waals surface area contributed by atoms with Gasteiger partial charge in [-0.1, -0.05) is 12.1 Å². The Morgan fingerprint density at radius 3 is 2.43 bits per heavy atom. The Kier molecular flexibility index (Phi) is 3.83. The SMILES string of the molecule is Cc1ccc(C)c(S(=O)(=O)Nc2ccc(-c3nn[nH]n3)cc2)c1. The molecule has 0 aliphatic rings. The zero-order valence-corrected chi connectivity index (χ0v) is 13.4. The van der Waals surface area contributed by atoms with Crippen molar-refractivity contribution in [2.24, 2.45) is 0 Å². The highest BCUT2D eigenvalue weighted by molar-refractivity contribution is 7.92. The van der Waals surface area contributed by atoms with Crippen LogP contribution in [0.5, 0.6) is 0 Å². The lowest BCUT2D eigenvalue weighted by Gasteiger charge is -2.11. The van der Waals surface area contributed by atoms with Gasteiger partial charge in [0.1, 0.15) is 0 Å². The average molecular weight is 329 g/mol. The Bertz CT molecular complexity index is 919. The number of H-pyrrole nitrogens is 1. The van der Waals surface area contributed by atoms with E-state index in [1.54, 1.807) is 43.3 Å². The molecule has 23 heavy (non-hydrogen) atoms. The van der Waals surface area contributed by atoms with Crippen LogP contribution in [0.4, 0.5) is 5.69 Å². The van der Waals surface area contributed by atoms with Crippen LogP contribution in [-0.4, -0.2) is 29.0 Å². The first-order valence-corrected chi connectivity index (χ1v) is 8.38. The van der Waals surface area contributed by atoms with Crippen LogP contribution < -0.4 is 4.72 Å². The second kappa shape index (κ2) is 5.81. The second-order valence-electron chi connectivity index (χ2n) is 5.19. The first-order chi connectivity index (χ1) is 11.0. The van der Waals surface area contributed by atoms with Gasteiger partial charge in [0, 0.05) is 11.3 Å². The summed E-state index contributed by atoms with van der Waals surface area (Å²) in [7, 11) is -3.63. The highest BCUT2D eigenvalue weighted by Gasteiger charge is 2.17. The van der Waals surface area contributed by atoms with Crippen molar-refractivity contribution in [2.75, 3.05) is 4.72 Å². The van der Waals surface area contributed by atoms with E-state index in [4.69, 9.17) is 0 Å². The Balaban J connectivity index is 1.87. The number of aromatic nitrogens is 4. The fourth-order valence-electron chi connectivity index (χ4n) is 2.18. The molecule has 2 aromatic carbocycles. The second-order valence-corrected chi connectivity index (χ2v) is 6.84. The van der Waals surface area contributed by atoms with Gasteiger partial charge in [0.05, 0.1) is 4.90 Å². The van der Waals surface area contributed by atoms with Crippen molar-refractivity contribution in [3.05, 3.63) is 53.6 Å². The Morgan fingerprint density at radius 2 is 1.78 bits per heavy atom. The predicted molar refractivity (Wildman–Crippen MR) is 86.3 cm³/mol. The van der Waals surface area contributed by atoms with Crippen molar-refractivity contribution >= 4 is 15.7 Å². The normalized spacial score (nSPS) is 11.4. The minimum Gasteiger partial charge on any atom is -0.280 e. The number of sulfonamides is 1. The van der Waals surface area contributed by atoms with Gasteiger partial charge in [0.15, 0.2) is 0 Å². The highest BCUT2D eigenvalue weighted by atomic mass is 32.2. The summed E-state index contributed by atoms with van der Waals surface area (Å²) in [6, 6.07) is 12.1. The average Bonchev–Trinajstić information content (AvgIpc) is 3.04. The first kappa shape index (κ1) is 15.2. The minimum absolute atomic E-state index is 0.278. The molecular weight excluding hydrogens is 314 g/mol. The zero-order valence-electron chi connectivity index (χ0n) is 12.6. The molecule has 0 unspecified atom stereocenters. The summed E-state index contributed by atoms with van der Waals surface area (Å²) in [5, 5.41) is 13.6. The molecule has 0 spiro atoms. The summed E-state index contributed by atoms with van der Waals surface area (Å²) in [5.74, 6) is 0.453. The number of anilines is 1. The first-order valence-electron chi connectivity index (χ1n) is 6.90. The molecule has 0 bridgehead atoms. The largest absolute Gasteiger partial charge is 0.280 e. The Hall–Kier alpha value is -2.74. The minimum atomic E-state index is -3.63. The topological polar surface area (TPSA) is 101 Å². The number of hydrogen-bond donors (Lipinski definition) is 2. The quantitative estimate of drug-likeness (QED) is 0.765. The zero-order chi connectivity index (χ0) is 16.4. The van der Waals surface area contributed by atoms with E-state index in [-0.39, 0.29) is 4.90 Å². The lowest BCUT2D eigenvalue weighted by Crippen LogP contribution is -2.14. The molecule has 0 radical (unpaired) electrons. The van der Waals surface area contributed by atoms with Crippen LogP contribution >= 0.6 is 0 Å². The molecule has 3 aromatic rings. The summed E-state index contributed by atoms with van der Waals surface area (Å²) in [4.78, 5) is 0.278. The highest BCUT2D eigenvalue weighted by Crippen LogP contribution is 2.22. The van der Waals surface area contributed by atoms with Crippen molar-refractivity contribution in [3.63, 3.8) is 0 Å². The van der Waals surface area contributed by atoms with E-state index in [2.05, 4.69) is 25.3 Å². The summed E-state index contributed by atoms with van der Waals surface area (Å²) in [5.41, 5.74) is 2.81. The van der Waals surface area contributed by atoms with Gasteiger partial charge >= 0.3 is 0 Å². The number of rotatable bonds is 4. The number of hydrogen-bond acceptors (Lipinski definition) is 5. The van der Waals surface area contributed by atoms with E-state index in [1.807, 2.05) is 13.0 Å². The van der Waals surface area contributed by atoms with Crippen LogP contribution in [0.3, 0.4) is 0 Å². The maximum absolute atomic E-state index is 12.5. The van der Waals surface area contributed by atoms with Gasteiger partial charge in [-0.3, -0.25) is 4.72 Å². The van der Waals surface area contributed by atoms with Gasteiger partial charge < -0.3 is 0 Å². The van der Waals surface area contributed by atoms with Crippen LogP contribution in [0, 0.1) is 13.8 Å². The monoisotopic (exact) mass is 329 g/mol. The van der Waals surface area contributed by atoms with E-state index < -0.39 is 10.0 Å². The lowest BCUT2D eigenvalue weighted by molar-refractivity contribution is 0.600. The molecule has 8 heteroatoms. The van der Waals surface area contributed by atoms with Crippen molar-refractivity contribution in [1.29, 1.82) is 0 Å². The van der Waals surface area contributed by atoms with Crippen molar-refractivity contribution in [3.8, 4) is 11.4 Å². The molecule has 0 aliphatic heterocycles. The summed E-state index contributed by atoms with van der Waals surface area (Å²) < 4.78 is 27.7. The number of tetrazole rings is 1. The van der Waals surface area contributed by atoms with Crippen LogP contribution in [0.2, 0.25) is 0 Å². The van der Waals surface area contributed by atoms with Crippen LogP contribution in [0.1, 0.15) is 11.1 Å². The molecular formula is C15H15N5O2S. The number of nitrogens with zero attached hydrogens (tertiary/aromatic N) is 3. The van der Waals surface area contributed by atoms with E-state index >= 15 is 0 Å². The Morgan fingerprint density at radius 1 is 1.04 bits per heavy atom. The molecule has 0 fully saturated rings. The molecule has 0 aliphatic carbocycles. The predicted octanol–water partition coefficient (Wildman–Crippen LogP) is 2.28. The van der Waals surface area contributed by atoms with Gasteiger partial charge in [0.25, 0.3) is 10.0 Å². The summed E-state index contributed by atoms with van der Waals surface area (Å²) >= 11 is 0. The van der Waals surface area contributed by atoms with Crippen LogP contribution in [0.25, 0.3) is 11.4 Å². The third kappa shape index (κ3) is 3.21. The van der Waals surface area contributed by atoms with Gasteiger partial charge in [-0.2, -0.15) is 5.21 Å². The molecule has 118 valence electrons. The molecule has 1 aromatic heterocycles. The number of nitrogens with one attached hydrogen (secondary N) is 2. The third-order valence-electron chi connectivity index (χ3n) is 3.37. The van der Waals surface area contributed by atoms with E-state index in [0.717, 1.165) is 11.1 Å². The molecule has 0 saturated carbocycles. The van der Waals surface area contributed by atoms with E-state index in [0.29, 0.717) is 17.1 Å².